The summed E-state index contributed by atoms with van der Waals surface area (Å²) >= 11 is 6.40. The number of para-hydroxylation sites is 2. The Morgan fingerprint density at radius 2 is 1.66 bits per heavy atom. The van der Waals surface area contributed by atoms with Crippen LogP contribution >= 0.6 is 11.6 Å². The molecule has 0 amide bonds. The molecule has 1 aromatic heterocycles. The largest absolute Gasteiger partial charge is 0.489 e. The van der Waals surface area contributed by atoms with Gasteiger partial charge in [0.1, 0.15) is 30.5 Å². The summed E-state index contributed by atoms with van der Waals surface area (Å²) in [6, 6.07) is 24.9. The zero-order chi connectivity index (χ0) is 24.6. The van der Waals surface area contributed by atoms with Crippen LogP contribution in [0.4, 0.5) is 0 Å². The topological polar surface area (TPSA) is 57.6 Å². The van der Waals surface area contributed by atoms with Crippen LogP contribution in [0.1, 0.15) is 37.9 Å². The van der Waals surface area contributed by atoms with E-state index in [1.165, 1.54) is 6.92 Å². The summed E-state index contributed by atoms with van der Waals surface area (Å²) in [7, 11) is 0. The van der Waals surface area contributed by atoms with Crippen LogP contribution in [-0.4, -0.2) is 16.9 Å². The molecule has 180 valence electrons. The molecular formula is C29H28ClNO4. The third kappa shape index (κ3) is 6.52. The minimum absolute atomic E-state index is 0.0237. The quantitative estimate of drug-likeness (QED) is 0.223. The van der Waals surface area contributed by atoms with E-state index in [-0.39, 0.29) is 12.4 Å². The Labute approximate surface area is 210 Å². The van der Waals surface area contributed by atoms with Gasteiger partial charge in [-0.15, -0.1) is 0 Å². The standard InChI is InChI=1S/C29H28ClNO4/c1-3-8-28(20(2)32)35-29-22(10-6-13-26(29)30)18-33-24-11-7-12-25(17-24)34-19-23-16-15-21-9-4-5-14-27(21)31-23/h4-7,9-17,28H,3,8,18-19H2,1-2H3. The highest BCUT2D eigenvalue weighted by atomic mass is 35.5. The van der Waals surface area contributed by atoms with Crippen molar-refractivity contribution in [1.29, 1.82) is 0 Å². The van der Waals surface area contributed by atoms with Gasteiger partial charge in [-0.05, 0) is 43.7 Å². The van der Waals surface area contributed by atoms with Crippen LogP contribution in [0.5, 0.6) is 17.2 Å². The van der Waals surface area contributed by atoms with Gasteiger partial charge in [0.15, 0.2) is 11.9 Å². The molecular weight excluding hydrogens is 462 g/mol. The number of rotatable bonds is 11. The summed E-state index contributed by atoms with van der Waals surface area (Å²) in [5.41, 5.74) is 2.56. The van der Waals surface area contributed by atoms with Gasteiger partial charge < -0.3 is 14.2 Å². The molecule has 0 aliphatic carbocycles. The van der Waals surface area contributed by atoms with Gasteiger partial charge >= 0.3 is 0 Å². The fourth-order valence-corrected chi connectivity index (χ4v) is 3.95. The monoisotopic (exact) mass is 489 g/mol. The van der Waals surface area contributed by atoms with E-state index >= 15 is 0 Å². The number of carbonyl (C=O) groups excluding carboxylic acids is 1. The lowest BCUT2D eigenvalue weighted by Gasteiger charge is -2.19. The second-order valence-corrected chi connectivity index (χ2v) is 8.69. The Morgan fingerprint density at radius 1 is 0.914 bits per heavy atom. The zero-order valence-corrected chi connectivity index (χ0v) is 20.6. The Bertz CT molecular complexity index is 1310. The number of benzene rings is 3. The van der Waals surface area contributed by atoms with Gasteiger partial charge in [0.2, 0.25) is 0 Å². The van der Waals surface area contributed by atoms with Gasteiger partial charge in [0.05, 0.1) is 16.2 Å². The van der Waals surface area contributed by atoms with Crippen LogP contribution in [-0.2, 0) is 18.0 Å². The molecule has 4 rings (SSSR count). The maximum Gasteiger partial charge on any atom is 0.170 e. The van der Waals surface area contributed by atoms with Crippen molar-refractivity contribution < 1.29 is 19.0 Å². The SMILES string of the molecule is CCCC(Oc1c(Cl)cccc1COc1cccc(OCc2ccc3ccccc3n2)c1)C(C)=O. The van der Waals surface area contributed by atoms with E-state index in [0.717, 1.165) is 28.6 Å². The summed E-state index contributed by atoms with van der Waals surface area (Å²) in [6.45, 7) is 4.14. The fourth-order valence-electron chi connectivity index (χ4n) is 3.71. The first-order valence-electron chi connectivity index (χ1n) is 11.7. The highest BCUT2D eigenvalue weighted by Crippen LogP contribution is 2.32. The number of carbonyl (C=O) groups is 1. The summed E-state index contributed by atoms with van der Waals surface area (Å²) in [6.07, 6.45) is 0.938. The minimum Gasteiger partial charge on any atom is -0.489 e. The van der Waals surface area contributed by atoms with Crippen LogP contribution in [0.25, 0.3) is 10.9 Å². The van der Waals surface area contributed by atoms with Gasteiger partial charge in [-0.1, -0.05) is 67.4 Å². The van der Waals surface area contributed by atoms with E-state index < -0.39 is 6.10 Å². The second kappa shape index (κ2) is 11.7. The first-order chi connectivity index (χ1) is 17.0. The fraction of sp³-hybridized carbons (Fsp3) is 0.241. The van der Waals surface area contributed by atoms with E-state index in [4.69, 9.17) is 25.8 Å². The van der Waals surface area contributed by atoms with E-state index in [2.05, 4.69) is 4.98 Å². The summed E-state index contributed by atoms with van der Waals surface area (Å²) < 4.78 is 18.0. The Hall–Kier alpha value is -3.57. The molecule has 1 unspecified atom stereocenters. The molecule has 1 heterocycles. The molecule has 5 nitrogen and oxygen atoms in total. The van der Waals surface area contributed by atoms with Crippen LogP contribution < -0.4 is 14.2 Å². The third-order valence-corrected chi connectivity index (χ3v) is 5.85. The number of hydrogen-bond donors (Lipinski definition) is 0. The lowest BCUT2D eigenvalue weighted by atomic mass is 10.1. The van der Waals surface area contributed by atoms with Crippen molar-refractivity contribution in [2.45, 2.75) is 46.0 Å². The van der Waals surface area contributed by atoms with Crippen molar-refractivity contribution in [2.24, 2.45) is 0 Å². The number of ketones is 1. The number of aromatic nitrogens is 1. The van der Waals surface area contributed by atoms with Gasteiger partial charge in [0, 0.05) is 17.0 Å². The summed E-state index contributed by atoms with van der Waals surface area (Å²) in [5.74, 6) is 1.79. The van der Waals surface area contributed by atoms with E-state index in [0.29, 0.717) is 35.3 Å². The van der Waals surface area contributed by atoms with Crippen molar-refractivity contribution in [3.8, 4) is 17.2 Å². The smallest absolute Gasteiger partial charge is 0.170 e. The van der Waals surface area contributed by atoms with Crippen LogP contribution in [0.2, 0.25) is 5.02 Å². The van der Waals surface area contributed by atoms with Gasteiger partial charge in [0.25, 0.3) is 0 Å². The van der Waals surface area contributed by atoms with Gasteiger partial charge in [-0.3, -0.25) is 4.79 Å². The molecule has 6 heteroatoms. The van der Waals surface area contributed by atoms with E-state index in [1.807, 2.05) is 79.7 Å². The Morgan fingerprint density at radius 3 is 2.43 bits per heavy atom. The molecule has 0 bridgehead atoms. The highest BCUT2D eigenvalue weighted by molar-refractivity contribution is 6.32. The molecule has 0 spiro atoms. The minimum atomic E-state index is -0.529. The number of pyridine rings is 1. The Kier molecular flexibility index (Phi) is 8.22. The number of Topliss-reactive ketones (excluding diaryl/α,β-unsaturated/α-hetero) is 1. The molecule has 0 aliphatic heterocycles. The zero-order valence-electron chi connectivity index (χ0n) is 19.9. The maximum absolute atomic E-state index is 12.0. The third-order valence-electron chi connectivity index (χ3n) is 5.56. The molecule has 0 saturated carbocycles. The lowest BCUT2D eigenvalue weighted by molar-refractivity contribution is -0.123. The number of fused-ring (bicyclic) bond motifs is 1. The molecule has 35 heavy (non-hydrogen) atoms. The van der Waals surface area contributed by atoms with E-state index in [9.17, 15) is 4.79 Å². The highest BCUT2D eigenvalue weighted by Gasteiger charge is 2.19. The van der Waals surface area contributed by atoms with Crippen molar-refractivity contribution >= 4 is 28.3 Å². The first kappa shape index (κ1) is 24.6. The normalized spacial score (nSPS) is 11.7. The molecule has 3 aromatic carbocycles. The van der Waals surface area contributed by atoms with Crippen LogP contribution in [0.3, 0.4) is 0 Å². The maximum atomic E-state index is 12.0. The summed E-state index contributed by atoms with van der Waals surface area (Å²) in [5, 5.41) is 1.55. The number of hydrogen-bond acceptors (Lipinski definition) is 5. The predicted molar refractivity (Wildman–Crippen MR) is 138 cm³/mol. The molecule has 0 saturated heterocycles. The van der Waals surface area contributed by atoms with Crippen LogP contribution in [0.15, 0.2) is 78.9 Å². The molecule has 0 N–H and O–H groups in total. The van der Waals surface area contributed by atoms with Gasteiger partial charge in [-0.25, -0.2) is 4.98 Å². The average molecular weight is 490 g/mol. The first-order valence-corrected chi connectivity index (χ1v) is 12.1. The Balaban J connectivity index is 1.41. The second-order valence-electron chi connectivity index (χ2n) is 8.28. The molecule has 4 aromatic rings. The number of ether oxygens (including phenoxy) is 3. The van der Waals surface area contributed by atoms with Crippen molar-refractivity contribution in [2.75, 3.05) is 0 Å². The average Bonchev–Trinajstić information content (AvgIpc) is 2.87. The molecule has 0 aliphatic rings. The summed E-state index contributed by atoms with van der Waals surface area (Å²) in [4.78, 5) is 16.6. The van der Waals surface area contributed by atoms with Crippen molar-refractivity contribution in [1.82, 2.24) is 4.98 Å². The van der Waals surface area contributed by atoms with E-state index in [1.54, 1.807) is 6.07 Å². The molecule has 0 fully saturated rings. The number of nitrogens with zero attached hydrogens (tertiary/aromatic N) is 1. The lowest BCUT2D eigenvalue weighted by Crippen LogP contribution is -2.25. The van der Waals surface area contributed by atoms with Crippen molar-refractivity contribution in [3.63, 3.8) is 0 Å². The number of halogens is 1. The predicted octanol–water partition coefficient (Wildman–Crippen LogP) is 7.18. The van der Waals surface area contributed by atoms with Gasteiger partial charge in [-0.2, -0.15) is 0 Å². The van der Waals surface area contributed by atoms with Crippen molar-refractivity contribution in [3.05, 3.63) is 95.1 Å². The van der Waals surface area contributed by atoms with Crippen LogP contribution in [0, 0.1) is 0 Å². The molecule has 0 radical (unpaired) electrons. The molecule has 1 atom stereocenters.